The number of hydrogen-bond donors (Lipinski definition) is 6. The summed E-state index contributed by atoms with van der Waals surface area (Å²) in [5.74, 6) is -0.860. The van der Waals surface area contributed by atoms with Crippen LogP contribution in [0.5, 0.6) is 5.75 Å². The average Bonchev–Trinajstić information content (AvgIpc) is 2.41. The second-order valence-electron chi connectivity index (χ2n) is 3.63. The molecule has 11 heteroatoms. The van der Waals surface area contributed by atoms with Crippen molar-refractivity contribution in [3.8, 4) is 5.75 Å². The first-order valence-electron chi connectivity index (χ1n) is 5.53. The summed E-state index contributed by atoms with van der Waals surface area (Å²) in [6, 6.07) is 5.42. The number of carboxylic acids is 1. The van der Waals surface area contributed by atoms with E-state index in [0.717, 1.165) is 5.56 Å². The molecule has 7 N–H and O–H groups in total. The number of nitrogens with two attached hydrogens (primary N) is 1. The second-order valence-corrected chi connectivity index (χ2v) is 3.63. The predicted octanol–water partition coefficient (Wildman–Crippen LogP) is 0.142. The second kappa shape index (κ2) is 9.79. The Morgan fingerprint density at radius 1 is 1.05 bits per heavy atom. The van der Waals surface area contributed by atoms with Crippen LogP contribution in [0.4, 0.5) is 9.59 Å². The molecule has 0 saturated heterocycles. The van der Waals surface area contributed by atoms with Crippen molar-refractivity contribution in [2.75, 3.05) is 0 Å². The molecule has 1 aromatic rings. The van der Waals surface area contributed by atoms with Crippen LogP contribution in [-0.2, 0) is 20.9 Å². The Balaban J connectivity index is 0.000000433. The molecule has 0 aromatic heterocycles. The molecule has 0 saturated carbocycles. The normalized spacial score (nSPS) is 10.6. The van der Waals surface area contributed by atoms with Crippen molar-refractivity contribution in [2.45, 2.75) is 12.5 Å². The van der Waals surface area contributed by atoms with Crippen LogP contribution in [0.2, 0.25) is 0 Å². The highest BCUT2D eigenvalue weighted by molar-refractivity contribution is 5.73. The zero-order chi connectivity index (χ0) is 17.1. The molecule has 1 aromatic carbocycles. The van der Waals surface area contributed by atoms with E-state index in [9.17, 15) is 14.4 Å². The van der Waals surface area contributed by atoms with Crippen molar-refractivity contribution in [3.05, 3.63) is 29.8 Å². The SMILES string of the molecule is NC(Cc1ccc(O)cc1)C(=O)O.O=C(O)ONOC(=O)O. The lowest BCUT2D eigenvalue weighted by Gasteiger charge is -2.05. The van der Waals surface area contributed by atoms with E-state index in [1.54, 1.807) is 12.1 Å². The largest absolute Gasteiger partial charge is 0.527 e. The van der Waals surface area contributed by atoms with Gasteiger partial charge in [-0.2, -0.15) is 0 Å². The van der Waals surface area contributed by atoms with Gasteiger partial charge in [0.1, 0.15) is 11.8 Å². The molecular formula is C11H14N2O9. The Labute approximate surface area is 123 Å². The molecule has 0 amide bonds. The van der Waals surface area contributed by atoms with Crippen LogP contribution in [0.25, 0.3) is 0 Å². The number of phenolic OH excluding ortho intramolecular Hbond substituents is 1. The third kappa shape index (κ3) is 9.82. The third-order valence-electron chi connectivity index (χ3n) is 1.97. The molecule has 0 heterocycles. The van der Waals surface area contributed by atoms with E-state index in [1.165, 1.54) is 17.8 Å². The van der Waals surface area contributed by atoms with E-state index in [1.807, 2.05) is 0 Å². The fourth-order valence-corrected chi connectivity index (χ4v) is 1.07. The summed E-state index contributed by atoms with van der Waals surface area (Å²) in [4.78, 5) is 36.1. The number of hydrogen-bond acceptors (Lipinski definition) is 8. The standard InChI is InChI=1S/C9H11NO3.C2H3NO6/c10-8(9(12)13)5-6-1-3-7(11)4-2-6;4-1(5)8-3-9-2(6)7/h1-4,8,11H,5,10H2,(H,12,13);3H,(H,4,5)(H,6,7). The van der Waals surface area contributed by atoms with Crippen LogP contribution in [0.15, 0.2) is 24.3 Å². The van der Waals surface area contributed by atoms with Crippen LogP contribution in [-0.4, -0.2) is 44.7 Å². The molecule has 0 bridgehead atoms. The summed E-state index contributed by atoms with van der Waals surface area (Å²) in [6.07, 6.45) is -3.09. The van der Waals surface area contributed by atoms with Gasteiger partial charge in [-0.15, -0.1) is 0 Å². The van der Waals surface area contributed by atoms with Crippen molar-refractivity contribution >= 4 is 18.3 Å². The van der Waals surface area contributed by atoms with Gasteiger partial charge in [-0.1, -0.05) is 12.1 Å². The summed E-state index contributed by atoms with van der Waals surface area (Å²) in [7, 11) is 0. The van der Waals surface area contributed by atoms with Gasteiger partial charge in [0.05, 0.1) is 0 Å². The quantitative estimate of drug-likeness (QED) is 0.405. The van der Waals surface area contributed by atoms with Gasteiger partial charge < -0.3 is 35.8 Å². The third-order valence-corrected chi connectivity index (χ3v) is 1.97. The fraction of sp³-hybridized carbons (Fsp3) is 0.182. The van der Waals surface area contributed by atoms with Gasteiger partial charge in [0.2, 0.25) is 0 Å². The molecule has 1 rings (SSSR count). The van der Waals surface area contributed by atoms with Crippen LogP contribution in [0.1, 0.15) is 5.56 Å². The minimum absolute atomic E-state index is 0.160. The van der Waals surface area contributed by atoms with E-state index in [0.29, 0.717) is 0 Å². The topological polar surface area (TPSA) is 189 Å². The van der Waals surface area contributed by atoms with Crippen LogP contribution in [0, 0.1) is 0 Å². The number of carboxylic acid groups (broad SMARTS) is 3. The van der Waals surface area contributed by atoms with Gasteiger partial charge in [-0.25, -0.2) is 9.59 Å². The van der Waals surface area contributed by atoms with Crippen molar-refractivity contribution in [1.82, 2.24) is 5.64 Å². The van der Waals surface area contributed by atoms with Gasteiger partial charge in [0, 0.05) is 5.64 Å². The van der Waals surface area contributed by atoms with Crippen LogP contribution >= 0.6 is 0 Å². The molecule has 11 nitrogen and oxygen atoms in total. The first kappa shape index (κ1) is 18.9. The summed E-state index contributed by atoms with van der Waals surface area (Å²) >= 11 is 0. The van der Waals surface area contributed by atoms with Gasteiger partial charge in [-0.3, -0.25) is 4.79 Å². The molecule has 0 aliphatic heterocycles. The minimum Gasteiger partial charge on any atom is -0.508 e. The molecule has 1 unspecified atom stereocenters. The summed E-state index contributed by atoms with van der Waals surface area (Å²) in [6.45, 7) is 0. The van der Waals surface area contributed by atoms with Crippen molar-refractivity contribution in [2.24, 2.45) is 5.73 Å². The lowest BCUT2D eigenvalue weighted by atomic mass is 10.1. The summed E-state index contributed by atoms with van der Waals surface area (Å²) in [5, 5.41) is 32.8. The summed E-state index contributed by atoms with van der Waals surface area (Å²) < 4.78 is 0. The Kier molecular flexibility index (Phi) is 8.43. The molecular weight excluding hydrogens is 304 g/mol. The maximum atomic E-state index is 10.4. The van der Waals surface area contributed by atoms with E-state index in [2.05, 4.69) is 9.68 Å². The van der Waals surface area contributed by atoms with Crippen molar-refractivity contribution < 1.29 is 44.5 Å². The lowest BCUT2D eigenvalue weighted by molar-refractivity contribution is -0.138. The van der Waals surface area contributed by atoms with Crippen molar-refractivity contribution in [3.63, 3.8) is 0 Å². The number of aromatic hydroxyl groups is 1. The van der Waals surface area contributed by atoms with E-state index >= 15 is 0 Å². The maximum absolute atomic E-state index is 10.4. The summed E-state index contributed by atoms with van der Waals surface area (Å²) in [5.41, 5.74) is 7.31. The molecule has 0 spiro atoms. The zero-order valence-corrected chi connectivity index (χ0v) is 11.0. The Morgan fingerprint density at radius 2 is 1.50 bits per heavy atom. The maximum Gasteiger partial charge on any atom is 0.527 e. The van der Waals surface area contributed by atoms with Gasteiger partial charge in [-0.05, 0) is 24.1 Å². The molecule has 0 aliphatic carbocycles. The zero-order valence-electron chi connectivity index (χ0n) is 11.0. The van der Waals surface area contributed by atoms with Crippen molar-refractivity contribution in [1.29, 1.82) is 0 Å². The molecule has 122 valence electrons. The number of nitrogens with one attached hydrogen (secondary N) is 1. The number of phenols is 1. The van der Waals surface area contributed by atoms with E-state index in [-0.39, 0.29) is 12.2 Å². The molecule has 22 heavy (non-hydrogen) atoms. The Hall–Kier alpha value is -3.05. The van der Waals surface area contributed by atoms with Gasteiger partial charge in [0.15, 0.2) is 0 Å². The minimum atomic E-state index is -1.68. The fourth-order valence-electron chi connectivity index (χ4n) is 1.07. The average molecular weight is 318 g/mol. The molecule has 1 atom stereocenters. The molecule has 0 radical (unpaired) electrons. The highest BCUT2D eigenvalue weighted by Gasteiger charge is 2.11. The number of aliphatic carboxylic acids is 1. The first-order valence-corrected chi connectivity index (χ1v) is 5.53. The molecule has 0 fully saturated rings. The van der Waals surface area contributed by atoms with Crippen LogP contribution < -0.4 is 11.4 Å². The lowest BCUT2D eigenvalue weighted by Crippen LogP contribution is -2.32. The number of rotatable bonds is 5. The van der Waals surface area contributed by atoms with Gasteiger partial charge in [0.25, 0.3) is 0 Å². The molecule has 0 aliphatic rings. The number of carbonyl (C=O) groups is 3. The first-order chi connectivity index (χ1) is 10.2. The Bertz CT molecular complexity index is 489. The monoisotopic (exact) mass is 318 g/mol. The highest BCUT2D eigenvalue weighted by atomic mass is 17.0. The highest BCUT2D eigenvalue weighted by Crippen LogP contribution is 2.10. The smallest absolute Gasteiger partial charge is 0.508 e. The Morgan fingerprint density at radius 3 is 1.86 bits per heavy atom. The van der Waals surface area contributed by atoms with Crippen LogP contribution in [0.3, 0.4) is 0 Å². The predicted molar refractivity (Wildman–Crippen MR) is 68.8 cm³/mol. The van der Waals surface area contributed by atoms with E-state index in [4.69, 9.17) is 26.2 Å². The van der Waals surface area contributed by atoms with Gasteiger partial charge >= 0.3 is 18.3 Å². The number of benzene rings is 1. The van der Waals surface area contributed by atoms with E-state index < -0.39 is 24.3 Å².